The maximum absolute atomic E-state index is 14.0. The predicted molar refractivity (Wildman–Crippen MR) is 108 cm³/mol. The number of ether oxygens (including phenoxy) is 1. The third kappa shape index (κ3) is 2.89. The Morgan fingerprint density at radius 3 is 2.86 bits per heavy atom. The normalized spacial score (nSPS) is 22.2. The number of carbonyl (C=O) groups excluding carboxylic acids is 1. The molecule has 0 fully saturated rings. The molecule has 2 aliphatic heterocycles. The summed E-state index contributed by atoms with van der Waals surface area (Å²) in [6.07, 6.45) is 2.22. The van der Waals surface area contributed by atoms with E-state index >= 15 is 0 Å². The third-order valence-corrected chi connectivity index (χ3v) is 5.58. The van der Waals surface area contributed by atoms with Crippen LogP contribution in [0, 0.1) is 5.82 Å². The van der Waals surface area contributed by atoms with Crippen LogP contribution in [0.15, 0.2) is 66.3 Å². The minimum absolute atomic E-state index is 0.290. The van der Waals surface area contributed by atoms with E-state index in [1.807, 2.05) is 30.3 Å². The summed E-state index contributed by atoms with van der Waals surface area (Å²) in [5.41, 5.74) is 0.885. The average Bonchev–Trinajstić information content (AvgIpc) is 3.09. The van der Waals surface area contributed by atoms with Crippen LogP contribution in [-0.4, -0.2) is 43.5 Å². The van der Waals surface area contributed by atoms with Gasteiger partial charge in [0.05, 0.1) is 12.5 Å². The van der Waals surface area contributed by atoms with Crippen molar-refractivity contribution in [2.45, 2.75) is 17.9 Å². The quantitative estimate of drug-likeness (QED) is 0.576. The van der Waals surface area contributed by atoms with Crippen molar-refractivity contribution in [3.05, 3.63) is 72.6 Å². The zero-order chi connectivity index (χ0) is 20.6. The van der Waals surface area contributed by atoms with Gasteiger partial charge in [0.2, 0.25) is 0 Å². The predicted octanol–water partition coefficient (Wildman–Crippen LogP) is 3.30. The zero-order valence-corrected chi connectivity index (χ0v) is 16.3. The van der Waals surface area contributed by atoms with Gasteiger partial charge in [0.1, 0.15) is 35.6 Å². The second-order valence-electron chi connectivity index (χ2n) is 7.05. The zero-order valence-electron chi connectivity index (χ0n) is 16.3. The molecule has 0 spiro atoms. The molecule has 0 N–H and O–H groups in total. The Hall–Kier alpha value is -3.19. The average molecular weight is 395 g/mol. The van der Waals surface area contributed by atoms with Gasteiger partial charge in [-0.25, -0.2) is 9.45 Å². The first-order valence-corrected chi connectivity index (χ1v) is 9.32. The highest BCUT2D eigenvalue weighted by Gasteiger charge is 2.57. The summed E-state index contributed by atoms with van der Waals surface area (Å²) in [5.74, 6) is -0.239. The van der Waals surface area contributed by atoms with E-state index in [1.165, 1.54) is 26.3 Å². The highest BCUT2D eigenvalue weighted by molar-refractivity contribution is 6.43. The molecule has 2 aromatic rings. The SMILES string of the molecule is C=CCC1(c2ccccc2)C(C(=O)N(C)OC)=NN2c3cc(F)ccc3OCC21. The lowest BCUT2D eigenvalue weighted by Gasteiger charge is -2.41. The Labute approximate surface area is 168 Å². The van der Waals surface area contributed by atoms with Crippen LogP contribution >= 0.6 is 0 Å². The monoisotopic (exact) mass is 395 g/mol. The first-order valence-electron chi connectivity index (χ1n) is 9.32. The molecule has 0 saturated carbocycles. The number of fused-ring (bicyclic) bond motifs is 3. The molecule has 2 aromatic carbocycles. The molecule has 29 heavy (non-hydrogen) atoms. The molecule has 7 heteroatoms. The number of hydrazone groups is 1. The molecule has 0 aliphatic carbocycles. The Kier molecular flexibility index (Phi) is 4.84. The summed E-state index contributed by atoms with van der Waals surface area (Å²) in [7, 11) is 2.96. The van der Waals surface area contributed by atoms with E-state index in [2.05, 4.69) is 6.58 Å². The van der Waals surface area contributed by atoms with Crippen LogP contribution < -0.4 is 9.75 Å². The largest absolute Gasteiger partial charge is 0.489 e. The molecule has 2 heterocycles. The number of hydrogen-bond donors (Lipinski definition) is 0. The molecule has 0 radical (unpaired) electrons. The minimum Gasteiger partial charge on any atom is -0.489 e. The van der Waals surface area contributed by atoms with E-state index in [1.54, 1.807) is 17.2 Å². The molecule has 2 atom stereocenters. The first kappa shape index (κ1) is 19.1. The van der Waals surface area contributed by atoms with E-state index in [0.717, 1.165) is 10.6 Å². The summed E-state index contributed by atoms with van der Waals surface area (Å²) >= 11 is 0. The van der Waals surface area contributed by atoms with Crippen molar-refractivity contribution in [2.75, 3.05) is 25.8 Å². The maximum atomic E-state index is 14.0. The smallest absolute Gasteiger partial charge is 0.294 e. The van der Waals surface area contributed by atoms with Crippen LogP contribution in [0.2, 0.25) is 0 Å². The Morgan fingerprint density at radius 1 is 1.41 bits per heavy atom. The lowest BCUT2D eigenvalue weighted by molar-refractivity contribution is -0.160. The Bertz CT molecular complexity index is 979. The lowest BCUT2D eigenvalue weighted by Crippen LogP contribution is -2.55. The van der Waals surface area contributed by atoms with Gasteiger partial charge >= 0.3 is 0 Å². The number of carbonyl (C=O) groups is 1. The van der Waals surface area contributed by atoms with E-state index in [9.17, 15) is 9.18 Å². The molecule has 0 saturated heterocycles. The number of hydroxylamine groups is 2. The lowest BCUT2D eigenvalue weighted by atomic mass is 9.68. The summed E-state index contributed by atoms with van der Waals surface area (Å²) < 4.78 is 20.0. The van der Waals surface area contributed by atoms with E-state index in [-0.39, 0.29) is 11.9 Å². The van der Waals surface area contributed by atoms with E-state index in [4.69, 9.17) is 14.7 Å². The van der Waals surface area contributed by atoms with Crippen molar-refractivity contribution in [3.8, 4) is 5.75 Å². The van der Waals surface area contributed by atoms with Gasteiger partial charge in [-0.3, -0.25) is 14.6 Å². The fourth-order valence-electron chi connectivity index (χ4n) is 4.14. The van der Waals surface area contributed by atoms with E-state index in [0.29, 0.717) is 30.2 Å². The van der Waals surface area contributed by atoms with Gasteiger partial charge in [0, 0.05) is 13.1 Å². The molecular formula is C22H22FN3O3. The van der Waals surface area contributed by atoms with Gasteiger partial charge in [-0.15, -0.1) is 6.58 Å². The number of halogens is 1. The maximum Gasteiger partial charge on any atom is 0.294 e. The van der Waals surface area contributed by atoms with Crippen molar-refractivity contribution in [1.82, 2.24) is 5.06 Å². The highest BCUT2D eigenvalue weighted by Crippen LogP contribution is 2.48. The van der Waals surface area contributed by atoms with E-state index < -0.39 is 11.2 Å². The second kappa shape index (κ2) is 7.33. The Balaban J connectivity index is 1.94. The van der Waals surface area contributed by atoms with Crippen molar-refractivity contribution in [2.24, 2.45) is 5.10 Å². The summed E-state index contributed by atoms with van der Waals surface area (Å²) in [4.78, 5) is 18.4. The number of amides is 1. The molecule has 6 nitrogen and oxygen atoms in total. The molecular weight excluding hydrogens is 373 g/mol. The molecule has 0 aromatic heterocycles. The second-order valence-corrected chi connectivity index (χ2v) is 7.05. The molecule has 2 aliphatic rings. The molecule has 4 rings (SSSR count). The van der Waals surface area contributed by atoms with Gasteiger partial charge < -0.3 is 4.74 Å². The van der Waals surface area contributed by atoms with Crippen molar-refractivity contribution in [1.29, 1.82) is 0 Å². The van der Waals surface area contributed by atoms with Crippen LogP contribution in [-0.2, 0) is 15.0 Å². The molecule has 2 unspecified atom stereocenters. The Morgan fingerprint density at radius 2 is 2.17 bits per heavy atom. The fourth-order valence-corrected chi connectivity index (χ4v) is 4.14. The van der Waals surface area contributed by atoms with Crippen LogP contribution in [0.5, 0.6) is 5.75 Å². The number of rotatable bonds is 5. The van der Waals surface area contributed by atoms with Gasteiger partial charge in [0.15, 0.2) is 0 Å². The summed E-state index contributed by atoms with van der Waals surface area (Å²) in [6, 6.07) is 13.6. The fraction of sp³-hybridized carbons (Fsp3) is 0.273. The van der Waals surface area contributed by atoms with Gasteiger partial charge in [-0.2, -0.15) is 5.10 Å². The van der Waals surface area contributed by atoms with Gasteiger partial charge in [-0.1, -0.05) is 36.4 Å². The molecule has 0 bridgehead atoms. The van der Waals surface area contributed by atoms with Crippen LogP contribution in [0.1, 0.15) is 12.0 Å². The standard InChI is InChI=1S/C22H22FN3O3/c1-4-12-22(15-8-6-5-7-9-15)19-14-29-18-11-10-16(23)13-17(18)26(19)24-20(22)21(27)25(2)28-3/h4-11,13,19H,1,12,14H2,2-3H3. The van der Waals surface area contributed by atoms with Gasteiger partial charge in [0.25, 0.3) is 5.91 Å². The third-order valence-electron chi connectivity index (χ3n) is 5.58. The number of allylic oxidation sites excluding steroid dienone is 1. The van der Waals surface area contributed by atoms with Crippen LogP contribution in [0.3, 0.4) is 0 Å². The number of anilines is 1. The first-order chi connectivity index (χ1) is 14.0. The number of benzene rings is 2. The minimum atomic E-state index is -0.823. The highest BCUT2D eigenvalue weighted by atomic mass is 19.1. The van der Waals surface area contributed by atoms with Gasteiger partial charge in [-0.05, 0) is 24.1 Å². The van der Waals surface area contributed by atoms with Crippen molar-refractivity contribution in [3.63, 3.8) is 0 Å². The molecule has 1 amide bonds. The summed E-state index contributed by atoms with van der Waals surface area (Å²) in [5, 5.41) is 7.54. The molecule has 150 valence electrons. The van der Waals surface area contributed by atoms with Crippen LogP contribution in [0.4, 0.5) is 10.1 Å². The van der Waals surface area contributed by atoms with Crippen molar-refractivity contribution >= 4 is 17.3 Å². The van der Waals surface area contributed by atoms with Crippen molar-refractivity contribution < 1.29 is 18.8 Å². The topological polar surface area (TPSA) is 54.4 Å². The number of hydrogen-bond acceptors (Lipinski definition) is 5. The summed E-state index contributed by atoms with van der Waals surface area (Å²) in [6.45, 7) is 4.21. The van der Waals surface area contributed by atoms with Crippen LogP contribution in [0.25, 0.3) is 0 Å². The number of nitrogens with zero attached hydrogens (tertiary/aromatic N) is 3.